The van der Waals surface area contributed by atoms with Crippen molar-refractivity contribution in [3.63, 3.8) is 0 Å². The number of rotatable bonds is 3. The van der Waals surface area contributed by atoms with E-state index in [2.05, 4.69) is 4.52 Å². The molecule has 0 aliphatic rings. The molecule has 3 N–H and O–H groups in total. The Bertz CT molecular complexity index is 279. The highest BCUT2D eigenvalue weighted by Gasteiger charge is 2.51. The van der Waals surface area contributed by atoms with Gasteiger partial charge in [-0.2, -0.15) is 8.78 Å². The lowest BCUT2D eigenvalue weighted by Gasteiger charge is -2.10. The highest BCUT2D eigenvalue weighted by molar-refractivity contribution is 7.46. The molecule has 0 amide bonds. The normalized spacial score (nSPS) is 12.3. The van der Waals surface area contributed by atoms with E-state index in [0.717, 1.165) is 0 Å². The molecular weight excluding hydrogens is 217 g/mol. The van der Waals surface area contributed by atoms with Crippen LogP contribution in [0, 0.1) is 0 Å². The van der Waals surface area contributed by atoms with Gasteiger partial charge in [-0.25, -0.2) is 14.2 Å². The number of phosphoric ester groups is 1. The Morgan fingerprint density at radius 3 is 1.92 bits per heavy atom. The van der Waals surface area contributed by atoms with Crippen molar-refractivity contribution in [2.75, 3.05) is 0 Å². The average molecular weight is 220 g/mol. The van der Waals surface area contributed by atoms with Crippen molar-refractivity contribution < 1.29 is 42.4 Å². The SMILES string of the molecule is O=C(O)C(F)(F)C(=O)OP(=O)(O)O. The summed E-state index contributed by atoms with van der Waals surface area (Å²) in [5.41, 5.74) is 0. The minimum Gasteiger partial charge on any atom is -0.476 e. The zero-order valence-corrected chi connectivity index (χ0v) is 6.57. The van der Waals surface area contributed by atoms with Gasteiger partial charge < -0.3 is 9.63 Å². The maximum Gasteiger partial charge on any atom is 0.527 e. The number of carboxylic acid groups (broad SMARTS) is 1. The van der Waals surface area contributed by atoms with Crippen LogP contribution in [0.5, 0.6) is 0 Å². The maximum atomic E-state index is 12.1. The van der Waals surface area contributed by atoms with Gasteiger partial charge in [-0.15, -0.1) is 0 Å². The summed E-state index contributed by atoms with van der Waals surface area (Å²) < 4.78 is 36.8. The second kappa shape index (κ2) is 3.36. The van der Waals surface area contributed by atoms with E-state index in [1.54, 1.807) is 0 Å². The highest BCUT2D eigenvalue weighted by Crippen LogP contribution is 2.38. The predicted octanol–water partition coefficient (Wildman–Crippen LogP) is -0.658. The summed E-state index contributed by atoms with van der Waals surface area (Å²) in [4.78, 5) is 35.5. The van der Waals surface area contributed by atoms with Crippen molar-refractivity contribution in [1.29, 1.82) is 0 Å². The molecule has 0 atom stereocenters. The van der Waals surface area contributed by atoms with Gasteiger partial charge in [0.25, 0.3) is 0 Å². The number of halogens is 2. The molecule has 7 nitrogen and oxygen atoms in total. The van der Waals surface area contributed by atoms with Crippen molar-refractivity contribution in [1.82, 2.24) is 0 Å². The topological polar surface area (TPSA) is 121 Å². The molecule has 0 radical (unpaired) electrons. The van der Waals surface area contributed by atoms with Crippen molar-refractivity contribution >= 4 is 19.8 Å². The molecule has 10 heteroatoms. The van der Waals surface area contributed by atoms with Crippen LogP contribution >= 0.6 is 7.82 Å². The standard InChI is InChI=1S/C3H3F2O7P/c4-3(5,1(6)7)2(8)12-13(9,10)11/h(H,6,7)(H2,9,10,11). The summed E-state index contributed by atoms with van der Waals surface area (Å²) in [5.74, 6) is -10.6. The third-order valence-corrected chi connectivity index (χ3v) is 1.13. The Balaban J connectivity index is 4.63. The van der Waals surface area contributed by atoms with Gasteiger partial charge in [0.1, 0.15) is 0 Å². The number of hydrogen-bond acceptors (Lipinski definition) is 4. The zero-order chi connectivity index (χ0) is 10.9. The summed E-state index contributed by atoms with van der Waals surface area (Å²) in [6.07, 6.45) is 0. The van der Waals surface area contributed by atoms with Crippen LogP contribution < -0.4 is 0 Å². The fourth-order valence-electron chi connectivity index (χ4n) is 0.253. The van der Waals surface area contributed by atoms with Crippen LogP contribution in [0.3, 0.4) is 0 Å². The monoisotopic (exact) mass is 220 g/mol. The molecule has 0 bridgehead atoms. The third-order valence-electron chi connectivity index (χ3n) is 0.727. The highest BCUT2D eigenvalue weighted by atomic mass is 31.2. The number of hydrogen-bond donors (Lipinski definition) is 3. The van der Waals surface area contributed by atoms with Gasteiger partial charge in [-0.05, 0) is 0 Å². The van der Waals surface area contributed by atoms with E-state index in [9.17, 15) is 22.9 Å². The largest absolute Gasteiger partial charge is 0.527 e. The number of phosphoric acid groups is 1. The number of carbonyl (C=O) groups excluding carboxylic acids is 1. The van der Waals surface area contributed by atoms with Crippen LogP contribution in [0.4, 0.5) is 8.78 Å². The minimum absolute atomic E-state index is 2.81. The summed E-state index contributed by atoms with van der Waals surface area (Å²) in [6, 6.07) is 0. The molecule has 0 aromatic carbocycles. The Hall–Kier alpha value is -1.05. The van der Waals surface area contributed by atoms with Crippen LogP contribution in [0.1, 0.15) is 0 Å². The van der Waals surface area contributed by atoms with Crippen LogP contribution in [-0.4, -0.2) is 32.8 Å². The summed E-state index contributed by atoms with van der Waals surface area (Å²) in [6.45, 7) is 0. The van der Waals surface area contributed by atoms with Gasteiger partial charge in [0, 0.05) is 0 Å². The summed E-state index contributed by atoms with van der Waals surface area (Å²) >= 11 is 0. The van der Waals surface area contributed by atoms with E-state index in [1.807, 2.05) is 0 Å². The third kappa shape index (κ3) is 3.45. The number of carbonyl (C=O) groups is 2. The molecule has 0 aliphatic carbocycles. The molecule has 0 spiro atoms. The molecule has 0 rings (SSSR count). The first-order chi connectivity index (χ1) is 5.57. The number of carboxylic acids is 1. The number of alkyl halides is 2. The van der Waals surface area contributed by atoms with E-state index in [-0.39, 0.29) is 0 Å². The van der Waals surface area contributed by atoms with Crippen molar-refractivity contribution in [2.45, 2.75) is 5.92 Å². The Morgan fingerprint density at radius 2 is 1.69 bits per heavy atom. The molecule has 76 valence electrons. The molecule has 0 saturated carbocycles. The van der Waals surface area contributed by atoms with E-state index in [4.69, 9.17) is 14.9 Å². The minimum atomic E-state index is -5.45. The first-order valence-electron chi connectivity index (χ1n) is 2.48. The van der Waals surface area contributed by atoms with E-state index < -0.39 is 25.7 Å². The summed E-state index contributed by atoms with van der Waals surface area (Å²) in [5, 5.41) is 7.70. The second-order valence-electron chi connectivity index (χ2n) is 1.75. The molecule has 0 unspecified atom stereocenters. The van der Waals surface area contributed by atoms with Gasteiger partial charge in [0.05, 0.1) is 0 Å². The fourth-order valence-corrected chi connectivity index (χ4v) is 0.583. The lowest BCUT2D eigenvalue weighted by molar-refractivity contribution is -0.181. The molecule has 0 aromatic rings. The Labute approximate surface area is 69.2 Å². The molecule has 0 aliphatic heterocycles. The fraction of sp³-hybridized carbons (Fsp3) is 0.333. The van der Waals surface area contributed by atoms with Gasteiger partial charge in [-0.3, -0.25) is 9.79 Å². The van der Waals surface area contributed by atoms with Crippen LogP contribution in [0.2, 0.25) is 0 Å². The quantitative estimate of drug-likeness (QED) is 0.426. The summed E-state index contributed by atoms with van der Waals surface area (Å²) in [7, 11) is -5.45. The maximum absolute atomic E-state index is 12.1. The van der Waals surface area contributed by atoms with E-state index >= 15 is 0 Å². The first kappa shape index (κ1) is 11.9. The molecule has 0 saturated heterocycles. The molecule has 13 heavy (non-hydrogen) atoms. The van der Waals surface area contributed by atoms with Crippen LogP contribution in [0.25, 0.3) is 0 Å². The van der Waals surface area contributed by atoms with Gasteiger partial charge in [0.15, 0.2) is 0 Å². The van der Waals surface area contributed by atoms with Gasteiger partial charge in [-0.1, -0.05) is 0 Å². The van der Waals surface area contributed by atoms with Crippen LogP contribution in [-0.2, 0) is 18.7 Å². The molecule has 0 fully saturated rings. The lowest BCUT2D eigenvalue weighted by Crippen LogP contribution is -2.38. The van der Waals surface area contributed by atoms with Crippen molar-refractivity contribution in [3.8, 4) is 0 Å². The average Bonchev–Trinajstić information content (AvgIpc) is 1.82. The van der Waals surface area contributed by atoms with Crippen LogP contribution in [0.15, 0.2) is 0 Å². The van der Waals surface area contributed by atoms with Gasteiger partial charge in [0.2, 0.25) is 0 Å². The van der Waals surface area contributed by atoms with Crippen molar-refractivity contribution in [3.05, 3.63) is 0 Å². The predicted molar refractivity (Wildman–Crippen MR) is 30.7 cm³/mol. The Kier molecular flexibility index (Phi) is 3.09. The molecule has 0 heterocycles. The lowest BCUT2D eigenvalue weighted by atomic mass is 10.3. The second-order valence-corrected chi connectivity index (χ2v) is 2.91. The smallest absolute Gasteiger partial charge is 0.476 e. The van der Waals surface area contributed by atoms with E-state index in [0.29, 0.717) is 0 Å². The van der Waals surface area contributed by atoms with Crippen molar-refractivity contribution in [2.24, 2.45) is 0 Å². The van der Waals surface area contributed by atoms with E-state index in [1.165, 1.54) is 0 Å². The molecule has 0 aromatic heterocycles. The van der Waals surface area contributed by atoms with Gasteiger partial charge >= 0.3 is 25.7 Å². The molecular formula is C3H3F2O7P. The number of aliphatic carboxylic acids is 1. The first-order valence-corrected chi connectivity index (χ1v) is 4.01. The zero-order valence-electron chi connectivity index (χ0n) is 5.68. The Morgan fingerprint density at radius 1 is 1.31 bits per heavy atom.